The molecule has 0 spiro atoms. The number of rotatable bonds is 6. The van der Waals surface area contributed by atoms with E-state index in [-0.39, 0.29) is 18.8 Å². The van der Waals surface area contributed by atoms with Crippen molar-refractivity contribution in [1.29, 1.82) is 0 Å². The fraction of sp³-hybridized carbons (Fsp3) is 0.500. The van der Waals surface area contributed by atoms with E-state index in [4.69, 9.17) is 25.1 Å². The number of aliphatic hydroxyl groups excluding tert-OH is 1. The van der Waals surface area contributed by atoms with Gasteiger partial charge < -0.3 is 35.4 Å². The summed E-state index contributed by atoms with van der Waals surface area (Å²) in [6.45, 7) is 2.21. The largest absolute Gasteiger partial charge is 0.493 e. The third kappa shape index (κ3) is 4.71. The molecule has 0 saturated carbocycles. The number of nitrogen functional groups attached to an aromatic ring is 1. The number of hydrogen-bond acceptors (Lipinski definition) is 9. The van der Waals surface area contributed by atoms with E-state index in [0.29, 0.717) is 54.2 Å². The summed E-state index contributed by atoms with van der Waals surface area (Å²) in [5.74, 6) is 0.714. The second kappa shape index (κ2) is 10.1. The molecule has 1 fully saturated rings. The molecule has 0 unspecified atom stereocenters. The summed E-state index contributed by atoms with van der Waals surface area (Å²) >= 11 is 0. The van der Waals surface area contributed by atoms with Crippen LogP contribution in [0.15, 0.2) is 12.1 Å². The number of nitrogens with zero attached hydrogens (tertiary/aromatic N) is 3. The average Bonchev–Trinajstić information content (AvgIpc) is 2.74. The lowest BCUT2D eigenvalue weighted by atomic mass is 9.73. The van der Waals surface area contributed by atoms with Crippen LogP contribution < -0.4 is 20.1 Å². The summed E-state index contributed by atoms with van der Waals surface area (Å²) in [5.41, 5.74) is 5.58. The molecule has 1 aromatic heterocycles. The van der Waals surface area contributed by atoms with Gasteiger partial charge in [0.1, 0.15) is 5.82 Å². The number of aliphatic hydroxyl groups is 1. The van der Waals surface area contributed by atoms with Gasteiger partial charge in [-0.05, 0) is 18.9 Å². The fourth-order valence-corrected chi connectivity index (χ4v) is 3.86. The van der Waals surface area contributed by atoms with Crippen LogP contribution in [0.2, 0.25) is 0 Å². The zero-order valence-electron chi connectivity index (χ0n) is 17.7. The van der Waals surface area contributed by atoms with Crippen molar-refractivity contribution in [2.24, 2.45) is 5.41 Å². The minimum Gasteiger partial charge on any atom is -0.493 e. The Balaban J connectivity index is 0.00000107. The summed E-state index contributed by atoms with van der Waals surface area (Å²) in [4.78, 5) is 30.9. The Labute approximate surface area is 179 Å². The van der Waals surface area contributed by atoms with Crippen LogP contribution in [0.5, 0.6) is 11.5 Å². The third-order valence-corrected chi connectivity index (χ3v) is 5.48. The molecule has 11 nitrogen and oxygen atoms in total. The van der Waals surface area contributed by atoms with Crippen molar-refractivity contribution >= 4 is 35.1 Å². The SMILES string of the molecule is CCC[C@]1(C(=O)O)CCN(c2nc(N)c3cc(OC)c(OC)cc3n2)C[C@H]1O.O=CO. The van der Waals surface area contributed by atoms with Gasteiger partial charge in [0.15, 0.2) is 11.5 Å². The molecule has 1 aliphatic heterocycles. The molecule has 170 valence electrons. The van der Waals surface area contributed by atoms with Crippen LogP contribution in [0.3, 0.4) is 0 Å². The van der Waals surface area contributed by atoms with E-state index in [1.54, 1.807) is 17.0 Å². The first-order valence-electron chi connectivity index (χ1n) is 9.71. The normalized spacial score (nSPS) is 20.5. The van der Waals surface area contributed by atoms with E-state index in [0.717, 1.165) is 0 Å². The van der Waals surface area contributed by atoms with Gasteiger partial charge in [-0.1, -0.05) is 13.3 Å². The first-order chi connectivity index (χ1) is 14.8. The van der Waals surface area contributed by atoms with Crippen LogP contribution in [0.25, 0.3) is 10.9 Å². The number of piperidine rings is 1. The average molecular weight is 436 g/mol. The van der Waals surface area contributed by atoms with Gasteiger partial charge in [-0.3, -0.25) is 9.59 Å². The minimum atomic E-state index is -1.13. The summed E-state index contributed by atoms with van der Waals surface area (Å²) < 4.78 is 10.6. The molecule has 1 saturated heterocycles. The highest BCUT2D eigenvalue weighted by atomic mass is 16.5. The summed E-state index contributed by atoms with van der Waals surface area (Å²) in [7, 11) is 3.07. The fourth-order valence-electron chi connectivity index (χ4n) is 3.86. The molecule has 1 aromatic carbocycles. The number of aromatic nitrogens is 2. The first kappa shape index (κ1) is 23.9. The maximum atomic E-state index is 11.8. The van der Waals surface area contributed by atoms with E-state index >= 15 is 0 Å². The molecule has 3 rings (SSSR count). The van der Waals surface area contributed by atoms with E-state index in [1.165, 1.54) is 14.2 Å². The van der Waals surface area contributed by atoms with Crippen LogP contribution in [0.1, 0.15) is 26.2 Å². The Morgan fingerprint density at radius 1 is 1.32 bits per heavy atom. The van der Waals surface area contributed by atoms with Gasteiger partial charge in [-0.2, -0.15) is 4.98 Å². The van der Waals surface area contributed by atoms with Crippen molar-refractivity contribution in [3.8, 4) is 11.5 Å². The Kier molecular flexibility index (Phi) is 7.81. The molecule has 0 radical (unpaired) electrons. The predicted molar refractivity (Wildman–Crippen MR) is 114 cm³/mol. The monoisotopic (exact) mass is 436 g/mol. The topological polar surface area (TPSA) is 168 Å². The molecular weight excluding hydrogens is 408 g/mol. The van der Waals surface area contributed by atoms with Gasteiger partial charge in [0.2, 0.25) is 5.95 Å². The van der Waals surface area contributed by atoms with Gasteiger partial charge in [-0.25, -0.2) is 4.98 Å². The van der Waals surface area contributed by atoms with Crippen molar-refractivity contribution in [3.63, 3.8) is 0 Å². The second-order valence-electron chi connectivity index (χ2n) is 7.16. The summed E-state index contributed by atoms with van der Waals surface area (Å²) in [5, 5.41) is 27.8. The van der Waals surface area contributed by atoms with Crippen LogP contribution in [-0.4, -0.2) is 71.1 Å². The smallest absolute Gasteiger partial charge is 0.312 e. The zero-order valence-corrected chi connectivity index (χ0v) is 17.7. The van der Waals surface area contributed by atoms with Crippen molar-refractivity contribution in [1.82, 2.24) is 9.97 Å². The number of benzene rings is 1. The highest BCUT2D eigenvalue weighted by Gasteiger charge is 2.48. The van der Waals surface area contributed by atoms with Gasteiger partial charge in [-0.15, -0.1) is 0 Å². The quantitative estimate of drug-likeness (QED) is 0.482. The van der Waals surface area contributed by atoms with Crippen LogP contribution in [0.4, 0.5) is 11.8 Å². The molecule has 5 N–H and O–H groups in total. The van der Waals surface area contributed by atoms with Crippen molar-refractivity contribution in [2.75, 3.05) is 37.9 Å². The maximum absolute atomic E-state index is 11.8. The Bertz CT molecular complexity index is 939. The zero-order chi connectivity index (χ0) is 23.2. The number of carboxylic acids is 1. The number of aliphatic carboxylic acids is 1. The number of carboxylic acid groups (broad SMARTS) is 2. The third-order valence-electron chi connectivity index (χ3n) is 5.48. The van der Waals surface area contributed by atoms with E-state index < -0.39 is 17.5 Å². The van der Waals surface area contributed by atoms with E-state index in [9.17, 15) is 15.0 Å². The molecule has 2 atom stereocenters. The number of β-amino-alcohol motifs (C(OH)–C–C–N with tert-alkyl or cyclic N) is 1. The number of methoxy groups -OCH3 is 2. The summed E-state index contributed by atoms with van der Waals surface area (Å²) in [6, 6.07) is 3.43. The molecule has 2 heterocycles. The molecule has 11 heteroatoms. The van der Waals surface area contributed by atoms with Crippen molar-refractivity contribution < 1.29 is 34.4 Å². The Morgan fingerprint density at radius 3 is 2.45 bits per heavy atom. The highest BCUT2D eigenvalue weighted by molar-refractivity contribution is 5.91. The molecule has 0 amide bonds. The van der Waals surface area contributed by atoms with Crippen LogP contribution in [-0.2, 0) is 9.59 Å². The Morgan fingerprint density at radius 2 is 1.94 bits per heavy atom. The molecule has 2 aromatic rings. The van der Waals surface area contributed by atoms with Crippen molar-refractivity contribution in [3.05, 3.63) is 12.1 Å². The van der Waals surface area contributed by atoms with Gasteiger partial charge in [0.25, 0.3) is 6.47 Å². The lowest BCUT2D eigenvalue weighted by Gasteiger charge is -2.42. The van der Waals surface area contributed by atoms with Crippen LogP contribution >= 0.6 is 0 Å². The number of hydrogen-bond donors (Lipinski definition) is 4. The van der Waals surface area contributed by atoms with Gasteiger partial charge in [0.05, 0.1) is 31.3 Å². The standard InChI is InChI=1S/C19H26N4O5.CH2O2/c1-4-5-19(17(25)26)6-7-23(10-15(19)24)18-21-12-9-14(28-3)13(27-2)8-11(12)16(20)22-18;2-1-3/h8-9,15,24H,4-7,10H2,1-3H3,(H,25,26)(H2,20,21,22);1H,(H,2,3)/t15-,19+;/m1./s1. The molecule has 0 bridgehead atoms. The lowest BCUT2D eigenvalue weighted by Crippen LogP contribution is -2.55. The lowest BCUT2D eigenvalue weighted by molar-refractivity contribution is -0.159. The van der Waals surface area contributed by atoms with Crippen molar-refractivity contribution in [2.45, 2.75) is 32.3 Å². The minimum absolute atomic E-state index is 0.130. The predicted octanol–water partition coefficient (Wildman–Crippen LogP) is 1.37. The van der Waals surface area contributed by atoms with Crippen LogP contribution in [0, 0.1) is 5.41 Å². The molecule has 1 aliphatic rings. The van der Waals surface area contributed by atoms with Gasteiger partial charge >= 0.3 is 5.97 Å². The number of nitrogens with two attached hydrogens (primary N) is 1. The molecule has 31 heavy (non-hydrogen) atoms. The number of carbonyl (C=O) groups is 2. The summed E-state index contributed by atoms with van der Waals surface area (Å²) in [6.07, 6.45) is 0.397. The second-order valence-corrected chi connectivity index (χ2v) is 7.16. The van der Waals surface area contributed by atoms with Gasteiger partial charge in [0, 0.05) is 24.5 Å². The Hall–Kier alpha value is -3.34. The molecule has 0 aliphatic carbocycles. The molecular formula is C20H28N4O7. The number of anilines is 2. The van der Waals surface area contributed by atoms with E-state index in [1.807, 2.05) is 6.92 Å². The number of ether oxygens (including phenoxy) is 2. The highest BCUT2D eigenvalue weighted by Crippen LogP contribution is 2.39. The number of fused-ring (bicyclic) bond motifs is 1. The first-order valence-corrected chi connectivity index (χ1v) is 9.71. The maximum Gasteiger partial charge on any atom is 0.312 e. The van der Waals surface area contributed by atoms with E-state index in [2.05, 4.69) is 9.97 Å².